The molecule has 0 amide bonds. The minimum absolute atomic E-state index is 0.000846. The molecule has 11 N–H and O–H groups in total. The molecule has 6 heterocycles. The van der Waals surface area contributed by atoms with Crippen LogP contribution in [0.2, 0.25) is 0 Å². The molecule has 2 bridgehead atoms. The van der Waals surface area contributed by atoms with Gasteiger partial charge in [0.1, 0.15) is 5.75 Å². The average Bonchev–Trinajstić information content (AvgIpc) is 1.17. The predicted molar refractivity (Wildman–Crippen MR) is 377 cm³/mol. The second-order valence-corrected chi connectivity index (χ2v) is 31.9. The van der Waals surface area contributed by atoms with Gasteiger partial charge in [0.05, 0.1) is 23.4 Å². The number of hydrogen-bond acceptors (Lipinski definition) is 11. The molecular weight excluding hydrogens is 1190 g/mol. The van der Waals surface area contributed by atoms with Crippen LogP contribution in [-0.2, 0) is 35.8 Å². The summed E-state index contributed by atoms with van der Waals surface area (Å²) >= 11 is 0. The topological polar surface area (TPSA) is 211 Å². The first-order valence-corrected chi connectivity index (χ1v) is 37.0. The number of fused-ring (bicyclic) bond motifs is 7. The molecule has 7 aromatic rings. The quantitative estimate of drug-likeness (QED) is 0.0201. The van der Waals surface area contributed by atoms with Gasteiger partial charge in [-0.3, -0.25) is 0 Å². The zero-order valence-corrected chi connectivity index (χ0v) is 55.6. The summed E-state index contributed by atoms with van der Waals surface area (Å²) in [6.07, 6.45) is 42.5. The van der Waals surface area contributed by atoms with E-state index in [1.807, 2.05) is 18.5 Å². The molecule has 0 radical (unpaired) electrons. The number of aliphatic hydroxyl groups is 1. The van der Waals surface area contributed by atoms with Crippen LogP contribution in [0.4, 0.5) is 0 Å². The molecule has 15 unspecified atom stereocenters. The molecule has 4 aliphatic heterocycles. The summed E-state index contributed by atoms with van der Waals surface area (Å²) in [5.74, 6) is 0.999. The van der Waals surface area contributed by atoms with E-state index >= 15 is 0 Å². The first kappa shape index (κ1) is 62.4. The molecule has 15 atom stereocenters. The fourth-order valence-corrected chi connectivity index (χ4v) is 23.6. The van der Waals surface area contributed by atoms with Crippen LogP contribution >= 0.6 is 0 Å². The van der Waals surface area contributed by atoms with Gasteiger partial charge in [-0.05, 0) is 231 Å². The van der Waals surface area contributed by atoms with Crippen LogP contribution in [0.1, 0.15) is 184 Å². The Morgan fingerprint density at radius 1 is 0.677 bits per heavy atom. The smallest absolute Gasteiger partial charge is 0.169 e. The number of aromatic nitrogens is 3. The monoisotopic (exact) mass is 1290 g/mol. The van der Waals surface area contributed by atoms with Gasteiger partial charge in [0.15, 0.2) is 23.0 Å². The first-order valence-electron chi connectivity index (χ1n) is 37.0. The van der Waals surface area contributed by atoms with Crippen molar-refractivity contribution in [2.45, 2.75) is 195 Å². The Morgan fingerprint density at radius 2 is 1.53 bits per heavy atom. The summed E-state index contributed by atoms with van der Waals surface area (Å²) in [5, 5.41) is 82.1. The van der Waals surface area contributed by atoms with Crippen molar-refractivity contribution in [1.82, 2.24) is 30.9 Å². The van der Waals surface area contributed by atoms with Gasteiger partial charge in [-0.25, -0.2) is 4.98 Å². The van der Waals surface area contributed by atoms with E-state index in [0.717, 1.165) is 70.2 Å². The van der Waals surface area contributed by atoms with Crippen molar-refractivity contribution >= 4 is 22.9 Å². The third kappa shape index (κ3) is 10.3. The maximum Gasteiger partial charge on any atom is 0.169 e. The molecule has 3 saturated heterocycles. The number of imidazole rings is 1. The molecule has 8 fully saturated rings. The Kier molecular flexibility index (Phi) is 16.0. The number of hydrogen-bond donors (Lipinski definition) is 11. The number of phenols is 5. The molecule has 2 aromatic heterocycles. The van der Waals surface area contributed by atoms with Crippen molar-refractivity contribution in [3.8, 4) is 28.7 Å². The van der Waals surface area contributed by atoms with Crippen LogP contribution in [-0.4, -0.2) is 95.1 Å². The number of ether oxygens (including phenoxy) is 1. The fraction of sp³-hybridized carbons (Fsp3) is 0.506. The van der Waals surface area contributed by atoms with Crippen LogP contribution in [0.3, 0.4) is 0 Å². The highest BCUT2D eigenvalue weighted by atomic mass is 16.5. The molecule has 6 aliphatic carbocycles. The lowest BCUT2D eigenvalue weighted by atomic mass is 9.31. The number of nitrogens with zero attached hydrogens (tertiary/aromatic N) is 1. The Labute approximate surface area is 565 Å². The van der Waals surface area contributed by atoms with Crippen molar-refractivity contribution in [3.05, 3.63) is 190 Å². The number of aryl methyl sites for hydroxylation is 1. The van der Waals surface area contributed by atoms with Crippen molar-refractivity contribution < 1.29 is 35.4 Å². The maximum atomic E-state index is 13.3. The Bertz CT molecular complexity index is 4090. The number of nitrogens with one attached hydrogen (secondary N) is 5. The maximum absolute atomic E-state index is 13.3. The number of H-pyrrole nitrogens is 2. The van der Waals surface area contributed by atoms with Gasteiger partial charge in [-0.2, -0.15) is 0 Å². The molecule has 502 valence electrons. The SMILES string of the molecule is Oc1ccc(C=Cc2c(CCc3ccc(C4CC5(CC6NC(C5)C(c5ccccc5)C=C6CNCCc5c[nH]c(CC6CCOC7(CCCCC7)C6)c5)C5CC6CCCC67CCC68CCCC6C=CC(O)C8C7(c6cnc[nH]6)C5N4)cc3)c(O)c(O)c3c(O)cccc23)cc1O. The van der Waals surface area contributed by atoms with E-state index in [1.54, 1.807) is 18.2 Å². The highest BCUT2D eigenvalue weighted by Crippen LogP contribution is 2.79. The minimum Gasteiger partial charge on any atom is -0.507 e. The summed E-state index contributed by atoms with van der Waals surface area (Å²) in [7, 11) is 0. The molecule has 13 heteroatoms. The highest BCUT2D eigenvalue weighted by molar-refractivity contribution is 6.03. The number of piperidine rings is 2. The summed E-state index contributed by atoms with van der Waals surface area (Å²) in [4.78, 5) is 12.7. The molecule has 4 spiro atoms. The van der Waals surface area contributed by atoms with Crippen LogP contribution in [0.15, 0.2) is 140 Å². The normalized spacial score (nSPS) is 34.2. The van der Waals surface area contributed by atoms with Gasteiger partial charge >= 0.3 is 0 Å². The second-order valence-electron chi connectivity index (χ2n) is 31.9. The Morgan fingerprint density at radius 3 is 2.38 bits per heavy atom. The lowest BCUT2D eigenvalue weighted by Crippen LogP contribution is -2.78. The summed E-state index contributed by atoms with van der Waals surface area (Å²) < 4.78 is 6.50. The Balaban J connectivity index is 0.712. The number of benzene rings is 5. The zero-order valence-electron chi connectivity index (χ0n) is 55.6. The van der Waals surface area contributed by atoms with E-state index in [0.29, 0.717) is 58.6 Å². The third-order valence-corrected chi connectivity index (χ3v) is 27.5. The first-order chi connectivity index (χ1) is 46.8. The molecule has 5 saturated carbocycles. The molecule has 5 aromatic carbocycles. The summed E-state index contributed by atoms with van der Waals surface area (Å²) in [5.41, 5.74) is 10.7. The second kappa shape index (κ2) is 24.7. The van der Waals surface area contributed by atoms with Gasteiger partial charge < -0.3 is 61.3 Å². The molecule has 17 rings (SSSR count). The van der Waals surface area contributed by atoms with E-state index in [-0.39, 0.29) is 92.0 Å². The Hall–Kier alpha value is -7.13. The van der Waals surface area contributed by atoms with Crippen LogP contribution < -0.4 is 16.0 Å². The van der Waals surface area contributed by atoms with Crippen LogP contribution in [0.5, 0.6) is 28.7 Å². The van der Waals surface area contributed by atoms with Crippen molar-refractivity contribution in [3.63, 3.8) is 0 Å². The van der Waals surface area contributed by atoms with Crippen molar-refractivity contribution in [2.24, 2.45) is 45.8 Å². The number of aliphatic hydroxyl groups excluding tert-OH is 1. The van der Waals surface area contributed by atoms with Gasteiger partial charge in [0.25, 0.3) is 0 Å². The summed E-state index contributed by atoms with van der Waals surface area (Å²) in [6.45, 7) is 2.63. The molecule has 96 heavy (non-hydrogen) atoms. The van der Waals surface area contributed by atoms with Crippen LogP contribution in [0, 0.1) is 45.8 Å². The third-order valence-electron chi connectivity index (χ3n) is 27.5. The number of aromatic hydroxyl groups is 5. The van der Waals surface area contributed by atoms with Gasteiger partial charge in [0, 0.05) is 83.9 Å². The lowest BCUT2D eigenvalue weighted by Gasteiger charge is -2.75. The van der Waals surface area contributed by atoms with E-state index < -0.39 is 11.5 Å². The standard InChI is InChI=1S/C83H98N6O7/c90-69-26-20-52(40-72(69)93)19-24-61-62-14-7-15-70(91)74(62)76(95)75(94)63(61)25-18-51-16-21-56(22-17-51)66-44-79(65-42-59-13-9-33-82(59)35-34-81-32-8-12-58(81)23-27-71(92)77(81)83(82,78(65)89-66)73-49-85-50-87-73)45-67-57(41-64(68(46-79)88-67)55-10-3-1-4-11-55)48-84-36-28-54-39-60(86-47-54)38-53-29-37-96-80(43-53)30-5-2-6-31-80/h1,3-4,7,10-11,14-17,19-24,26-27,39-41,47,49-50,53,58-59,64-68,71,77-78,84,86,88-95H,2,5-6,8-9,12-13,18,25,28-38,42-46,48H2,(H,85,87). The van der Waals surface area contributed by atoms with E-state index in [4.69, 9.17) is 15.0 Å². The molecular formula is C83H98N6O7. The van der Waals surface area contributed by atoms with Crippen molar-refractivity contribution in [1.29, 1.82) is 0 Å². The van der Waals surface area contributed by atoms with Gasteiger partial charge in [-0.15, -0.1) is 0 Å². The number of phenolic OH excluding ortho intramolecular Hbond substituents is 5. The predicted octanol–water partition coefficient (Wildman–Crippen LogP) is 15.0. The lowest BCUT2D eigenvalue weighted by molar-refractivity contribution is -0.217. The molecule has 10 aliphatic rings. The average molecular weight is 1290 g/mol. The fourth-order valence-electron chi connectivity index (χ4n) is 23.6. The van der Waals surface area contributed by atoms with Gasteiger partial charge in [0.2, 0.25) is 0 Å². The van der Waals surface area contributed by atoms with Gasteiger partial charge in [-0.1, -0.05) is 135 Å². The number of aromatic amines is 2. The van der Waals surface area contributed by atoms with E-state index in [9.17, 15) is 30.6 Å². The van der Waals surface area contributed by atoms with Crippen molar-refractivity contribution in [2.75, 3.05) is 19.7 Å². The highest BCUT2D eigenvalue weighted by Gasteiger charge is 2.78. The van der Waals surface area contributed by atoms with E-state index in [1.165, 1.54) is 142 Å². The molecule has 13 nitrogen and oxygen atoms in total. The number of allylic oxidation sites excluding steroid dienone is 1. The number of rotatable bonds is 15. The zero-order chi connectivity index (χ0) is 65.0. The largest absolute Gasteiger partial charge is 0.507 e. The minimum atomic E-state index is -0.571. The van der Waals surface area contributed by atoms with Crippen LogP contribution in [0.25, 0.3) is 22.9 Å². The summed E-state index contributed by atoms with van der Waals surface area (Å²) in [6, 6.07) is 33.2. The van der Waals surface area contributed by atoms with E-state index in [2.05, 4.69) is 112 Å².